The molecule has 1 N–H and O–H groups in total. The molecule has 114 valence electrons. The number of hydrogen-bond acceptors (Lipinski definition) is 3. The zero-order chi connectivity index (χ0) is 15.4. The highest BCUT2D eigenvalue weighted by Crippen LogP contribution is 2.27. The fourth-order valence-electron chi connectivity index (χ4n) is 2.47. The van der Waals surface area contributed by atoms with Gasteiger partial charge in [0.05, 0.1) is 11.8 Å². The average molecular weight is 309 g/mol. The van der Waals surface area contributed by atoms with Crippen LogP contribution in [0.1, 0.15) is 29.8 Å². The van der Waals surface area contributed by atoms with E-state index < -0.39 is 6.10 Å². The number of rotatable bonds is 6. The van der Waals surface area contributed by atoms with Crippen LogP contribution in [0.3, 0.4) is 0 Å². The van der Waals surface area contributed by atoms with Crippen LogP contribution in [0.25, 0.3) is 0 Å². The van der Waals surface area contributed by atoms with Gasteiger partial charge in [-0.3, -0.25) is 4.68 Å². The Labute approximate surface area is 130 Å². The monoisotopic (exact) mass is 308 g/mol. The first kappa shape index (κ1) is 16.0. The van der Waals surface area contributed by atoms with E-state index in [0.717, 1.165) is 16.8 Å². The molecule has 0 aliphatic rings. The molecule has 2 atom stereocenters. The fraction of sp³-hybridized carbons (Fsp3) is 0.438. The lowest BCUT2D eigenvalue weighted by Gasteiger charge is -2.23. The quantitative estimate of drug-likeness (QED) is 0.892. The van der Waals surface area contributed by atoms with Gasteiger partial charge in [-0.05, 0) is 19.4 Å². The number of ether oxygens (including phenoxy) is 1. The van der Waals surface area contributed by atoms with Crippen molar-refractivity contribution in [3.05, 3.63) is 52.3 Å². The van der Waals surface area contributed by atoms with Crippen molar-refractivity contribution in [1.29, 1.82) is 0 Å². The number of hydrogen-bond donors (Lipinski definition) is 1. The van der Waals surface area contributed by atoms with Crippen molar-refractivity contribution in [1.82, 2.24) is 9.78 Å². The Morgan fingerprint density at radius 3 is 2.52 bits per heavy atom. The summed E-state index contributed by atoms with van der Waals surface area (Å²) >= 11 is 6.23. The molecule has 2 unspecified atom stereocenters. The lowest BCUT2D eigenvalue weighted by molar-refractivity contribution is -0.0340. The molecule has 1 aromatic heterocycles. The van der Waals surface area contributed by atoms with Crippen LogP contribution in [-0.4, -0.2) is 27.6 Å². The van der Waals surface area contributed by atoms with Gasteiger partial charge in [-0.25, -0.2) is 0 Å². The number of aryl methyl sites for hydroxylation is 2. The zero-order valence-electron chi connectivity index (χ0n) is 12.6. The Morgan fingerprint density at radius 2 is 2.00 bits per heavy atom. The molecule has 0 saturated heterocycles. The Balaban J connectivity index is 2.21. The summed E-state index contributed by atoms with van der Waals surface area (Å²) in [6, 6.07) is 9.75. The SMILES string of the molecule is CCOC(c1ccccc1)C(O)Cc1c(C)nn(C)c1Cl. The molecule has 0 aliphatic carbocycles. The molecule has 1 heterocycles. The Morgan fingerprint density at radius 1 is 1.33 bits per heavy atom. The van der Waals surface area contributed by atoms with E-state index in [1.54, 1.807) is 11.7 Å². The number of aromatic nitrogens is 2. The smallest absolute Gasteiger partial charge is 0.130 e. The summed E-state index contributed by atoms with van der Waals surface area (Å²) in [4.78, 5) is 0. The second kappa shape index (κ2) is 7.07. The van der Waals surface area contributed by atoms with Gasteiger partial charge in [-0.15, -0.1) is 0 Å². The molecule has 1 aromatic carbocycles. The minimum atomic E-state index is -0.673. The molecule has 21 heavy (non-hydrogen) atoms. The molecule has 0 amide bonds. The highest BCUT2D eigenvalue weighted by atomic mass is 35.5. The lowest BCUT2D eigenvalue weighted by atomic mass is 9.98. The van der Waals surface area contributed by atoms with Gasteiger partial charge in [0.25, 0.3) is 0 Å². The van der Waals surface area contributed by atoms with E-state index in [1.165, 1.54) is 0 Å². The van der Waals surface area contributed by atoms with Gasteiger partial charge >= 0.3 is 0 Å². The molecule has 0 spiro atoms. The lowest BCUT2D eigenvalue weighted by Crippen LogP contribution is -2.24. The van der Waals surface area contributed by atoms with Crippen LogP contribution in [0.5, 0.6) is 0 Å². The van der Waals surface area contributed by atoms with Crippen LogP contribution in [0, 0.1) is 6.92 Å². The summed E-state index contributed by atoms with van der Waals surface area (Å²) < 4.78 is 7.35. The molecule has 0 bridgehead atoms. The van der Waals surface area contributed by atoms with Gasteiger partial charge in [-0.1, -0.05) is 41.9 Å². The van der Waals surface area contributed by atoms with Crippen molar-refractivity contribution in [2.24, 2.45) is 7.05 Å². The van der Waals surface area contributed by atoms with Gasteiger partial charge in [0.15, 0.2) is 0 Å². The van der Waals surface area contributed by atoms with Gasteiger partial charge in [0, 0.05) is 25.6 Å². The summed E-state index contributed by atoms with van der Waals surface area (Å²) in [5.41, 5.74) is 2.67. The fourth-order valence-corrected chi connectivity index (χ4v) is 2.73. The number of halogens is 1. The number of aliphatic hydroxyl groups excluding tert-OH is 1. The van der Waals surface area contributed by atoms with Crippen molar-refractivity contribution in [2.45, 2.75) is 32.5 Å². The molecular formula is C16H21ClN2O2. The van der Waals surface area contributed by atoms with Crippen LogP contribution in [0.4, 0.5) is 0 Å². The molecule has 0 saturated carbocycles. The molecule has 0 aliphatic heterocycles. The van der Waals surface area contributed by atoms with Crippen LogP contribution in [0.15, 0.2) is 30.3 Å². The summed E-state index contributed by atoms with van der Waals surface area (Å²) in [6.07, 6.45) is -0.627. The third kappa shape index (κ3) is 3.64. The van der Waals surface area contributed by atoms with Crippen LogP contribution >= 0.6 is 11.6 Å². The maximum absolute atomic E-state index is 10.6. The van der Waals surface area contributed by atoms with Crippen LogP contribution in [0.2, 0.25) is 5.15 Å². The van der Waals surface area contributed by atoms with E-state index in [2.05, 4.69) is 5.10 Å². The predicted molar refractivity (Wildman–Crippen MR) is 83.5 cm³/mol. The van der Waals surface area contributed by atoms with Gasteiger partial charge in [0.1, 0.15) is 11.3 Å². The summed E-state index contributed by atoms with van der Waals surface area (Å²) in [7, 11) is 1.79. The third-order valence-electron chi connectivity index (χ3n) is 3.51. The summed E-state index contributed by atoms with van der Waals surface area (Å²) in [5, 5.41) is 15.4. The van der Waals surface area contributed by atoms with E-state index in [1.807, 2.05) is 44.2 Å². The van der Waals surface area contributed by atoms with Crippen molar-refractivity contribution in [2.75, 3.05) is 6.61 Å². The number of nitrogens with zero attached hydrogens (tertiary/aromatic N) is 2. The predicted octanol–water partition coefficient (Wildman–Crippen LogP) is 3.06. The van der Waals surface area contributed by atoms with E-state index in [9.17, 15) is 5.11 Å². The maximum atomic E-state index is 10.6. The average Bonchev–Trinajstić information content (AvgIpc) is 2.72. The first-order chi connectivity index (χ1) is 10.0. The van der Waals surface area contributed by atoms with Crippen molar-refractivity contribution in [3.63, 3.8) is 0 Å². The zero-order valence-corrected chi connectivity index (χ0v) is 13.3. The van der Waals surface area contributed by atoms with Crippen molar-refractivity contribution in [3.8, 4) is 0 Å². The van der Waals surface area contributed by atoms with E-state index in [0.29, 0.717) is 18.2 Å². The van der Waals surface area contributed by atoms with Crippen molar-refractivity contribution < 1.29 is 9.84 Å². The van der Waals surface area contributed by atoms with Crippen molar-refractivity contribution >= 4 is 11.6 Å². The molecule has 0 fully saturated rings. The Bertz CT molecular complexity index is 583. The highest BCUT2D eigenvalue weighted by Gasteiger charge is 2.24. The normalized spacial score (nSPS) is 14.1. The van der Waals surface area contributed by atoms with Crippen LogP contribution in [-0.2, 0) is 18.2 Å². The van der Waals surface area contributed by atoms with Gasteiger partial charge in [0.2, 0.25) is 0 Å². The molecule has 0 radical (unpaired) electrons. The minimum absolute atomic E-state index is 0.369. The third-order valence-corrected chi connectivity index (χ3v) is 3.98. The molecule has 2 rings (SSSR count). The first-order valence-corrected chi connectivity index (χ1v) is 7.45. The summed E-state index contributed by atoms with van der Waals surface area (Å²) in [6.45, 7) is 4.35. The molecule has 2 aromatic rings. The Kier molecular flexibility index (Phi) is 5.39. The van der Waals surface area contributed by atoms with Gasteiger partial charge in [-0.2, -0.15) is 5.10 Å². The van der Waals surface area contributed by atoms with Gasteiger partial charge < -0.3 is 9.84 Å². The molecular weight excluding hydrogens is 288 g/mol. The second-order valence-electron chi connectivity index (χ2n) is 5.04. The van der Waals surface area contributed by atoms with E-state index >= 15 is 0 Å². The number of benzene rings is 1. The Hall–Kier alpha value is -1.36. The highest BCUT2D eigenvalue weighted by molar-refractivity contribution is 6.30. The number of aliphatic hydroxyl groups is 1. The van der Waals surface area contributed by atoms with E-state index in [-0.39, 0.29) is 6.10 Å². The molecule has 4 nitrogen and oxygen atoms in total. The second-order valence-corrected chi connectivity index (χ2v) is 5.39. The standard InChI is InChI=1S/C16H21ClN2O2/c1-4-21-15(12-8-6-5-7-9-12)14(20)10-13-11(2)18-19(3)16(13)17/h5-9,14-15,20H,4,10H2,1-3H3. The minimum Gasteiger partial charge on any atom is -0.390 e. The largest absolute Gasteiger partial charge is 0.390 e. The van der Waals surface area contributed by atoms with Crippen LogP contribution < -0.4 is 0 Å². The topological polar surface area (TPSA) is 47.3 Å². The first-order valence-electron chi connectivity index (χ1n) is 7.07. The summed E-state index contributed by atoms with van der Waals surface area (Å²) in [5.74, 6) is 0. The maximum Gasteiger partial charge on any atom is 0.130 e. The van der Waals surface area contributed by atoms with E-state index in [4.69, 9.17) is 16.3 Å². The molecule has 5 heteroatoms.